The smallest absolute Gasteiger partial charge is 0.416 e. The number of rotatable bonds is 9. The SMILES string of the molecule is CC(C)Cc1ccc(C(C)c2nc3cc(OCc4cccc(F)c4)ccc3n2Cc2ccccc2C(F)(F)F)cc1. The molecule has 7 heteroatoms. The third-order valence-electron chi connectivity index (χ3n) is 7.21. The Balaban J connectivity index is 1.53. The van der Waals surface area contributed by atoms with Gasteiger partial charge in [0.1, 0.15) is 24.0 Å². The Morgan fingerprint density at radius 3 is 2.29 bits per heavy atom. The topological polar surface area (TPSA) is 27.1 Å². The van der Waals surface area contributed by atoms with Crippen molar-refractivity contribution in [2.24, 2.45) is 5.92 Å². The summed E-state index contributed by atoms with van der Waals surface area (Å²) in [4.78, 5) is 4.92. The average molecular weight is 561 g/mol. The molecule has 1 unspecified atom stereocenters. The van der Waals surface area contributed by atoms with E-state index >= 15 is 0 Å². The lowest BCUT2D eigenvalue weighted by molar-refractivity contribution is -0.138. The zero-order valence-corrected chi connectivity index (χ0v) is 23.3. The molecule has 5 aromatic rings. The number of aromatic nitrogens is 2. The number of ether oxygens (including phenoxy) is 1. The van der Waals surface area contributed by atoms with Crippen LogP contribution in [0.2, 0.25) is 0 Å². The van der Waals surface area contributed by atoms with Gasteiger partial charge in [0.15, 0.2) is 0 Å². The molecule has 0 aliphatic carbocycles. The highest BCUT2D eigenvalue weighted by Gasteiger charge is 2.33. The lowest BCUT2D eigenvalue weighted by Gasteiger charge is -2.18. The number of hydrogen-bond donors (Lipinski definition) is 0. The molecule has 0 saturated carbocycles. The second kappa shape index (κ2) is 11.8. The zero-order chi connectivity index (χ0) is 29.1. The zero-order valence-electron chi connectivity index (χ0n) is 23.3. The molecule has 1 atom stereocenters. The van der Waals surface area contributed by atoms with Crippen LogP contribution in [0.4, 0.5) is 17.6 Å². The molecule has 0 aliphatic heterocycles. The molecule has 3 nitrogen and oxygen atoms in total. The molecular weight excluding hydrogens is 528 g/mol. The molecule has 1 heterocycles. The maximum Gasteiger partial charge on any atom is 0.416 e. The minimum absolute atomic E-state index is 0.0147. The molecule has 0 fully saturated rings. The van der Waals surface area contributed by atoms with E-state index in [1.165, 1.54) is 29.8 Å². The van der Waals surface area contributed by atoms with Crippen LogP contribution in [-0.2, 0) is 25.7 Å². The third-order valence-corrected chi connectivity index (χ3v) is 7.21. The van der Waals surface area contributed by atoms with Crippen LogP contribution >= 0.6 is 0 Å². The average Bonchev–Trinajstić information content (AvgIpc) is 3.29. The number of hydrogen-bond acceptors (Lipinski definition) is 2. The van der Waals surface area contributed by atoms with Crippen LogP contribution < -0.4 is 4.74 Å². The number of benzene rings is 4. The largest absolute Gasteiger partial charge is 0.489 e. The van der Waals surface area contributed by atoms with E-state index in [-0.39, 0.29) is 30.5 Å². The van der Waals surface area contributed by atoms with Crippen LogP contribution in [0, 0.1) is 11.7 Å². The fourth-order valence-corrected chi connectivity index (χ4v) is 5.18. The summed E-state index contributed by atoms with van der Waals surface area (Å²) in [5.74, 6) is 1.23. The molecular formula is C34H32F4N2O. The summed E-state index contributed by atoms with van der Waals surface area (Å²) in [6.07, 6.45) is -3.50. The Kier molecular flexibility index (Phi) is 8.15. The predicted octanol–water partition coefficient (Wildman–Crippen LogP) is 9.17. The van der Waals surface area contributed by atoms with Gasteiger partial charge < -0.3 is 9.30 Å². The van der Waals surface area contributed by atoms with Gasteiger partial charge in [0.25, 0.3) is 0 Å². The molecule has 0 saturated heterocycles. The molecule has 5 rings (SSSR count). The van der Waals surface area contributed by atoms with Crippen molar-refractivity contribution in [3.63, 3.8) is 0 Å². The van der Waals surface area contributed by atoms with Gasteiger partial charge in [0.2, 0.25) is 0 Å². The highest BCUT2D eigenvalue weighted by atomic mass is 19.4. The Bertz CT molecular complexity index is 1640. The Morgan fingerprint density at radius 1 is 0.829 bits per heavy atom. The molecule has 212 valence electrons. The Morgan fingerprint density at radius 2 is 1.59 bits per heavy atom. The van der Waals surface area contributed by atoms with Crippen LogP contribution in [0.3, 0.4) is 0 Å². The first kappa shape index (κ1) is 28.4. The lowest BCUT2D eigenvalue weighted by atomic mass is 9.96. The first-order chi connectivity index (χ1) is 19.6. The maximum atomic E-state index is 13.9. The number of alkyl halides is 3. The van der Waals surface area contributed by atoms with E-state index in [9.17, 15) is 17.6 Å². The van der Waals surface area contributed by atoms with E-state index in [1.807, 2.05) is 17.6 Å². The van der Waals surface area contributed by atoms with Crippen molar-refractivity contribution >= 4 is 11.0 Å². The van der Waals surface area contributed by atoms with Crippen molar-refractivity contribution in [3.8, 4) is 5.75 Å². The minimum Gasteiger partial charge on any atom is -0.489 e. The molecule has 0 bridgehead atoms. The molecule has 1 aromatic heterocycles. The Hall–Kier alpha value is -4.13. The summed E-state index contributed by atoms with van der Waals surface area (Å²) in [5.41, 5.74) is 3.79. The van der Waals surface area contributed by atoms with E-state index < -0.39 is 11.7 Å². The summed E-state index contributed by atoms with van der Waals surface area (Å²) in [5, 5.41) is 0. The maximum absolute atomic E-state index is 13.9. The molecule has 0 N–H and O–H groups in total. The van der Waals surface area contributed by atoms with Crippen LogP contribution in [0.1, 0.15) is 60.3 Å². The van der Waals surface area contributed by atoms with Crippen molar-refractivity contribution in [2.75, 3.05) is 0 Å². The van der Waals surface area contributed by atoms with Gasteiger partial charge in [-0.2, -0.15) is 13.2 Å². The van der Waals surface area contributed by atoms with Crippen LogP contribution in [-0.4, -0.2) is 9.55 Å². The second-order valence-electron chi connectivity index (χ2n) is 10.8. The molecule has 0 aliphatic rings. The molecule has 41 heavy (non-hydrogen) atoms. The van der Waals surface area contributed by atoms with Crippen molar-refractivity contribution < 1.29 is 22.3 Å². The minimum atomic E-state index is -4.47. The van der Waals surface area contributed by atoms with Gasteiger partial charge in [-0.3, -0.25) is 0 Å². The van der Waals surface area contributed by atoms with Gasteiger partial charge in [-0.15, -0.1) is 0 Å². The highest BCUT2D eigenvalue weighted by Crippen LogP contribution is 2.35. The van der Waals surface area contributed by atoms with Gasteiger partial charge in [-0.05, 0) is 64.9 Å². The van der Waals surface area contributed by atoms with Crippen molar-refractivity contribution in [3.05, 3.63) is 130 Å². The Labute approximate surface area is 237 Å². The van der Waals surface area contributed by atoms with Gasteiger partial charge in [-0.25, -0.2) is 9.37 Å². The second-order valence-corrected chi connectivity index (χ2v) is 10.8. The molecule has 0 spiro atoms. The number of fused-ring (bicyclic) bond motifs is 1. The first-order valence-electron chi connectivity index (χ1n) is 13.7. The van der Waals surface area contributed by atoms with Gasteiger partial charge in [-0.1, -0.05) is 75.4 Å². The summed E-state index contributed by atoms with van der Waals surface area (Å²) < 4.78 is 63.0. The molecule has 0 amide bonds. The number of halogens is 4. The molecule has 0 radical (unpaired) electrons. The monoisotopic (exact) mass is 560 g/mol. The van der Waals surface area contributed by atoms with Crippen molar-refractivity contribution in [1.82, 2.24) is 9.55 Å². The summed E-state index contributed by atoms with van der Waals surface area (Å²) in [7, 11) is 0. The summed E-state index contributed by atoms with van der Waals surface area (Å²) >= 11 is 0. The number of imidazole rings is 1. The molecule has 4 aromatic carbocycles. The van der Waals surface area contributed by atoms with Gasteiger partial charge >= 0.3 is 6.18 Å². The third kappa shape index (κ3) is 6.62. The first-order valence-corrected chi connectivity index (χ1v) is 13.7. The summed E-state index contributed by atoms with van der Waals surface area (Å²) in [6, 6.07) is 25.6. The van der Waals surface area contributed by atoms with Crippen LogP contribution in [0.25, 0.3) is 11.0 Å². The van der Waals surface area contributed by atoms with E-state index in [0.29, 0.717) is 34.1 Å². The fourth-order valence-electron chi connectivity index (χ4n) is 5.18. The van der Waals surface area contributed by atoms with E-state index in [2.05, 4.69) is 38.1 Å². The van der Waals surface area contributed by atoms with E-state index in [4.69, 9.17) is 9.72 Å². The normalized spacial score (nSPS) is 12.7. The van der Waals surface area contributed by atoms with Gasteiger partial charge in [0.05, 0.1) is 16.6 Å². The van der Waals surface area contributed by atoms with Crippen LogP contribution in [0.15, 0.2) is 91.0 Å². The fraction of sp³-hybridized carbons (Fsp3) is 0.265. The van der Waals surface area contributed by atoms with Crippen molar-refractivity contribution in [1.29, 1.82) is 0 Å². The van der Waals surface area contributed by atoms with Gasteiger partial charge in [0, 0.05) is 18.5 Å². The van der Waals surface area contributed by atoms with E-state index in [1.54, 1.807) is 30.3 Å². The van der Waals surface area contributed by atoms with E-state index in [0.717, 1.165) is 18.1 Å². The highest BCUT2D eigenvalue weighted by molar-refractivity contribution is 5.78. The van der Waals surface area contributed by atoms with Crippen molar-refractivity contribution in [2.45, 2.75) is 52.4 Å². The lowest BCUT2D eigenvalue weighted by Crippen LogP contribution is -2.14. The quantitative estimate of drug-likeness (QED) is 0.168. The standard InChI is InChI=1S/C34H32F4N2O/c1-22(2)17-24-11-13-26(14-12-24)23(3)33-39-31-19-29(41-21-25-7-6-9-28(35)18-25)15-16-32(31)40(33)20-27-8-4-5-10-30(27)34(36,37)38/h4-16,18-19,22-23H,17,20-21H2,1-3H3. The summed E-state index contributed by atoms with van der Waals surface area (Å²) in [6.45, 7) is 6.56. The van der Waals surface area contributed by atoms with Crippen LogP contribution in [0.5, 0.6) is 5.75 Å². The predicted molar refractivity (Wildman–Crippen MR) is 154 cm³/mol. The number of nitrogens with zero attached hydrogens (tertiary/aromatic N) is 2.